The van der Waals surface area contributed by atoms with Gasteiger partial charge in [0.1, 0.15) is 12.1 Å². The zero-order chi connectivity index (χ0) is 17.1. The molecule has 3 amide bonds. The van der Waals surface area contributed by atoms with Crippen molar-refractivity contribution >= 4 is 36.0 Å². The minimum Gasteiger partial charge on any atom is -0.548 e. The minimum atomic E-state index is -1.63. The Labute approximate surface area is 132 Å². The predicted octanol–water partition coefficient (Wildman–Crippen LogP) is -3.41. The zero-order valence-corrected chi connectivity index (χ0v) is 13.1. The Morgan fingerprint density at radius 2 is 1.86 bits per heavy atom. The van der Waals surface area contributed by atoms with Gasteiger partial charge in [0, 0.05) is 0 Å². The van der Waals surface area contributed by atoms with Gasteiger partial charge >= 0.3 is 0 Å². The number of hydrogen-bond donors (Lipinski definition) is 4. The second kappa shape index (κ2) is 10.9. The van der Waals surface area contributed by atoms with Crippen LogP contribution >= 0.6 is 11.8 Å². The number of nitrogens with one attached hydrogen (secondary N) is 3. The molecule has 4 N–H and O–H groups in total. The molecule has 0 saturated heterocycles. The fourth-order valence-electron chi connectivity index (χ4n) is 1.46. The van der Waals surface area contributed by atoms with E-state index in [1.807, 2.05) is 11.6 Å². The highest BCUT2D eigenvalue weighted by Crippen LogP contribution is 2.01. The summed E-state index contributed by atoms with van der Waals surface area (Å²) in [5, 5.41) is 26.1. The lowest BCUT2D eigenvalue weighted by Gasteiger charge is -2.22. The standard InChI is InChI=1S/C12H21N3O6S/c1-7(10(18)15-9(5-16)12(20)21)14-11(19)8(13-6-17)3-4-22-2/h6-9,16H,3-5H2,1-2H3,(H,13,17)(H,14,19)(H,15,18)(H,20,21)/p-1/t7-,8-,9-/m0/s1. The molecular weight excluding hydrogens is 314 g/mol. The van der Waals surface area contributed by atoms with Crippen molar-refractivity contribution < 1.29 is 29.4 Å². The molecule has 22 heavy (non-hydrogen) atoms. The molecule has 126 valence electrons. The summed E-state index contributed by atoms with van der Waals surface area (Å²) in [6, 6.07) is -3.37. The number of carbonyl (C=O) groups excluding carboxylic acids is 4. The van der Waals surface area contributed by atoms with Crippen LogP contribution in [0.4, 0.5) is 0 Å². The largest absolute Gasteiger partial charge is 0.548 e. The van der Waals surface area contributed by atoms with E-state index in [2.05, 4.69) is 10.6 Å². The highest BCUT2D eigenvalue weighted by Gasteiger charge is 2.23. The number of aliphatic carboxylic acids is 1. The molecule has 9 nitrogen and oxygen atoms in total. The molecule has 0 aromatic carbocycles. The lowest BCUT2D eigenvalue weighted by molar-refractivity contribution is -0.309. The van der Waals surface area contributed by atoms with Gasteiger partial charge in [-0.2, -0.15) is 11.8 Å². The van der Waals surface area contributed by atoms with E-state index in [0.29, 0.717) is 18.6 Å². The zero-order valence-electron chi connectivity index (χ0n) is 12.3. The van der Waals surface area contributed by atoms with E-state index in [0.717, 1.165) is 0 Å². The first kappa shape index (κ1) is 20.2. The molecule has 0 fully saturated rings. The smallest absolute Gasteiger partial charge is 0.243 e. The van der Waals surface area contributed by atoms with E-state index in [4.69, 9.17) is 5.11 Å². The summed E-state index contributed by atoms with van der Waals surface area (Å²) in [5.74, 6) is -2.34. The number of thioether (sulfide) groups is 1. The number of rotatable bonds is 11. The van der Waals surface area contributed by atoms with Crippen molar-refractivity contribution in [3.63, 3.8) is 0 Å². The van der Waals surface area contributed by atoms with Gasteiger partial charge in [-0.15, -0.1) is 0 Å². The third-order valence-electron chi connectivity index (χ3n) is 2.73. The molecule has 0 bridgehead atoms. The molecule has 0 spiro atoms. The predicted molar refractivity (Wildman–Crippen MR) is 77.6 cm³/mol. The number of aliphatic hydroxyl groups excluding tert-OH is 1. The van der Waals surface area contributed by atoms with Gasteiger partial charge in [0.2, 0.25) is 18.2 Å². The molecule has 0 aliphatic carbocycles. The van der Waals surface area contributed by atoms with Crippen molar-refractivity contribution in [1.29, 1.82) is 0 Å². The summed E-state index contributed by atoms with van der Waals surface area (Å²) in [5.41, 5.74) is 0. The van der Waals surface area contributed by atoms with Gasteiger partial charge in [-0.05, 0) is 25.4 Å². The average molecular weight is 334 g/mol. The molecule has 0 heterocycles. The minimum absolute atomic E-state index is 0.387. The van der Waals surface area contributed by atoms with Gasteiger partial charge in [0.05, 0.1) is 18.6 Å². The Bertz CT molecular complexity index is 406. The van der Waals surface area contributed by atoms with Crippen molar-refractivity contribution in [1.82, 2.24) is 16.0 Å². The lowest BCUT2D eigenvalue weighted by atomic mass is 10.2. The summed E-state index contributed by atoms with van der Waals surface area (Å²) in [7, 11) is 0. The maximum absolute atomic E-state index is 11.9. The van der Waals surface area contributed by atoms with Crippen LogP contribution in [0, 0.1) is 0 Å². The lowest BCUT2D eigenvalue weighted by Crippen LogP contribution is -2.56. The van der Waals surface area contributed by atoms with Crippen molar-refractivity contribution in [3.05, 3.63) is 0 Å². The van der Waals surface area contributed by atoms with Crippen molar-refractivity contribution in [3.8, 4) is 0 Å². The van der Waals surface area contributed by atoms with E-state index >= 15 is 0 Å². The maximum Gasteiger partial charge on any atom is 0.243 e. The molecule has 0 aliphatic rings. The Balaban J connectivity index is 4.55. The van der Waals surface area contributed by atoms with Crippen LogP contribution in [0.25, 0.3) is 0 Å². The Morgan fingerprint density at radius 3 is 2.32 bits per heavy atom. The molecule has 0 aliphatic heterocycles. The second-order valence-electron chi connectivity index (χ2n) is 4.41. The molecular formula is C12H20N3O6S-. The summed E-state index contributed by atoms with van der Waals surface area (Å²) in [6.45, 7) is 0.529. The number of aliphatic hydroxyl groups is 1. The Kier molecular flexibility index (Phi) is 9.96. The summed E-state index contributed by atoms with van der Waals surface area (Å²) >= 11 is 1.50. The first-order chi connectivity index (χ1) is 10.4. The number of hydrogen-bond acceptors (Lipinski definition) is 7. The molecule has 10 heteroatoms. The molecule has 0 aromatic heterocycles. The summed E-state index contributed by atoms with van der Waals surface area (Å²) in [6.07, 6.45) is 2.63. The van der Waals surface area contributed by atoms with Crippen LogP contribution in [-0.2, 0) is 19.2 Å². The summed E-state index contributed by atoms with van der Waals surface area (Å²) in [4.78, 5) is 44.8. The van der Waals surface area contributed by atoms with Crippen LogP contribution in [0.15, 0.2) is 0 Å². The Hall–Kier alpha value is -1.81. The first-order valence-electron chi connectivity index (χ1n) is 6.48. The SMILES string of the molecule is CSCC[C@H](NC=O)C(=O)N[C@@H](C)C(=O)N[C@@H](CO)C(=O)[O-]. The van der Waals surface area contributed by atoms with Crippen LogP contribution in [-0.4, -0.2) is 66.0 Å². The maximum atomic E-state index is 11.9. The Morgan fingerprint density at radius 1 is 1.23 bits per heavy atom. The van der Waals surface area contributed by atoms with Gasteiger partial charge in [-0.25, -0.2) is 0 Å². The number of carbonyl (C=O) groups is 4. The van der Waals surface area contributed by atoms with Crippen LogP contribution in [0.5, 0.6) is 0 Å². The quantitative estimate of drug-likeness (QED) is 0.288. The van der Waals surface area contributed by atoms with Gasteiger partial charge < -0.3 is 31.0 Å². The number of carboxylic acids is 1. The van der Waals surface area contributed by atoms with Crippen molar-refractivity contribution in [2.24, 2.45) is 0 Å². The molecule has 0 rings (SSSR count). The first-order valence-corrected chi connectivity index (χ1v) is 7.87. The van der Waals surface area contributed by atoms with Crippen LogP contribution in [0.1, 0.15) is 13.3 Å². The third kappa shape index (κ3) is 7.27. The summed E-state index contributed by atoms with van der Waals surface area (Å²) < 4.78 is 0. The third-order valence-corrected chi connectivity index (χ3v) is 3.38. The number of carboxylic acid groups (broad SMARTS) is 1. The van der Waals surface area contributed by atoms with Crippen LogP contribution < -0.4 is 21.1 Å². The fraction of sp³-hybridized carbons (Fsp3) is 0.667. The fourth-order valence-corrected chi connectivity index (χ4v) is 1.93. The van der Waals surface area contributed by atoms with Crippen molar-refractivity contribution in [2.45, 2.75) is 31.5 Å². The van der Waals surface area contributed by atoms with E-state index < -0.39 is 42.5 Å². The number of amides is 3. The topological polar surface area (TPSA) is 148 Å². The van der Waals surface area contributed by atoms with Gasteiger partial charge in [-0.3, -0.25) is 14.4 Å². The van der Waals surface area contributed by atoms with Crippen LogP contribution in [0.3, 0.4) is 0 Å². The highest BCUT2D eigenvalue weighted by molar-refractivity contribution is 7.98. The molecule has 0 saturated carbocycles. The normalized spacial score (nSPS) is 14.3. The van der Waals surface area contributed by atoms with Crippen molar-refractivity contribution in [2.75, 3.05) is 18.6 Å². The molecule has 3 atom stereocenters. The van der Waals surface area contributed by atoms with E-state index in [-0.39, 0.29) is 0 Å². The molecule has 0 radical (unpaired) electrons. The highest BCUT2D eigenvalue weighted by atomic mass is 32.2. The average Bonchev–Trinajstić information content (AvgIpc) is 2.47. The monoisotopic (exact) mass is 334 g/mol. The van der Waals surface area contributed by atoms with Crippen LogP contribution in [0.2, 0.25) is 0 Å². The molecule has 0 unspecified atom stereocenters. The molecule has 0 aromatic rings. The van der Waals surface area contributed by atoms with E-state index in [1.165, 1.54) is 18.7 Å². The van der Waals surface area contributed by atoms with Gasteiger partial charge in [0.25, 0.3) is 0 Å². The van der Waals surface area contributed by atoms with Gasteiger partial charge in [-0.1, -0.05) is 0 Å². The van der Waals surface area contributed by atoms with Gasteiger partial charge in [0.15, 0.2) is 0 Å². The van der Waals surface area contributed by atoms with E-state index in [1.54, 1.807) is 0 Å². The second-order valence-corrected chi connectivity index (χ2v) is 5.40. The van der Waals surface area contributed by atoms with E-state index in [9.17, 15) is 24.3 Å².